The van der Waals surface area contributed by atoms with E-state index < -0.39 is 0 Å². The zero-order valence-electron chi connectivity index (χ0n) is 10.6. The average Bonchev–Trinajstić information content (AvgIpc) is 2.85. The molecule has 3 nitrogen and oxygen atoms in total. The first-order valence-electron chi connectivity index (χ1n) is 6.18. The van der Waals surface area contributed by atoms with E-state index in [2.05, 4.69) is 24.0 Å². The first-order valence-corrected chi connectivity index (χ1v) is 6.61. The van der Waals surface area contributed by atoms with Gasteiger partial charge in [-0.2, -0.15) is 0 Å². The van der Waals surface area contributed by atoms with Crippen molar-refractivity contribution in [2.45, 2.75) is 32.1 Å². The van der Waals surface area contributed by atoms with E-state index in [1.807, 2.05) is 30.3 Å². The molecular formula is C14H17ClN2O. The minimum Gasteiger partial charge on any atom is -0.423 e. The summed E-state index contributed by atoms with van der Waals surface area (Å²) in [5, 5.41) is 7.69. The third-order valence-corrected chi connectivity index (χ3v) is 3.17. The van der Waals surface area contributed by atoms with Crippen LogP contribution in [0.3, 0.4) is 0 Å². The number of aromatic nitrogens is 2. The van der Waals surface area contributed by atoms with Crippen LogP contribution in [0.2, 0.25) is 0 Å². The Hall–Kier alpha value is -1.35. The third kappa shape index (κ3) is 3.33. The Bertz CT molecular complexity index is 482. The molecule has 0 fully saturated rings. The van der Waals surface area contributed by atoms with Crippen molar-refractivity contribution in [3.63, 3.8) is 0 Å². The molecule has 4 heteroatoms. The van der Waals surface area contributed by atoms with E-state index >= 15 is 0 Å². The second-order valence-corrected chi connectivity index (χ2v) is 5.18. The van der Waals surface area contributed by atoms with Crippen LogP contribution in [0.4, 0.5) is 0 Å². The summed E-state index contributed by atoms with van der Waals surface area (Å²) in [6.45, 7) is 4.34. The maximum Gasteiger partial charge on any atom is 0.238 e. The van der Waals surface area contributed by atoms with Crippen LogP contribution in [0.25, 0.3) is 0 Å². The lowest BCUT2D eigenvalue weighted by Crippen LogP contribution is -1.93. The highest BCUT2D eigenvalue weighted by atomic mass is 35.5. The summed E-state index contributed by atoms with van der Waals surface area (Å²) < 4.78 is 5.60. The molecule has 0 saturated heterocycles. The van der Waals surface area contributed by atoms with Gasteiger partial charge >= 0.3 is 0 Å². The van der Waals surface area contributed by atoms with E-state index in [0.29, 0.717) is 17.7 Å². The number of halogens is 1. The van der Waals surface area contributed by atoms with Crippen molar-refractivity contribution in [1.82, 2.24) is 10.2 Å². The SMILES string of the molecule is CC(C)CCc1nnc([C@@H](Cl)c2ccccc2)o1. The molecule has 1 aromatic carbocycles. The lowest BCUT2D eigenvalue weighted by atomic mass is 10.1. The second kappa shape index (κ2) is 6.01. The number of rotatable bonds is 5. The Balaban J connectivity index is 2.06. The Morgan fingerprint density at radius 1 is 1.17 bits per heavy atom. The van der Waals surface area contributed by atoms with Gasteiger partial charge in [-0.3, -0.25) is 0 Å². The second-order valence-electron chi connectivity index (χ2n) is 4.74. The predicted molar refractivity (Wildman–Crippen MR) is 71.6 cm³/mol. The molecule has 1 aromatic heterocycles. The molecule has 0 aliphatic carbocycles. The van der Waals surface area contributed by atoms with Crippen molar-refractivity contribution in [2.75, 3.05) is 0 Å². The van der Waals surface area contributed by atoms with Crippen molar-refractivity contribution in [3.05, 3.63) is 47.7 Å². The number of hydrogen-bond acceptors (Lipinski definition) is 3. The van der Waals surface area contributed by atoms with Gasteiger partial charge in [0.2, 0.25) is 11.8 Å². The molecule has 18 heavy (non-hydrogen) atoms. The highest BCUT2D eigenvalue weighted by Crippen LogP contribution is 2.27. The summed E-state index contributed by atoms with van der Waals surface area (Å²) in [5.74, 6) is 1.77. The zero-order chi connectivity index (χ0) is 13.0. The maximum atomic E-state index is 6.31. The van der Waals surface area contributed by atoms with E-state index in [1.54, 1.807) is 0 Å². The molecule has 0 spiro atoms. The molecule has 0 unspecified atom stereocenters. The van der Waals surface area contributed by atoms with Crippen LogP contribution in [-0.4, -0.2) is 10.2 Å². The summed E-state index contributed by atoms with van der Waals surface area (Å²) >= 11 is 6.31. The Labute approximate surface area is 112 Å². The van der Waals surface area contributed by atoms with Gasteiger partial charge in [0.25, 0.3) is 0 Å². The minimum absolute atomic E-state index is 0.369. The molecule has 2 aromatic rings. The van der Waals surface area contributed by atoms with Crippen LogP contribution in [0.15, 0.2) is 34.7 Å². The third-order valence-electron chi connectivity index (χ3n) is 2.73. The molecule has 96 valence electrons. The Morgan fingerprint density at radius 3 is 2.56 bits per heavy atom. The summed E-state index contributed by atoms with van der Waals surface area (Å²) in [6.07, 6.45) is 1.85. The molecule has 0 aliphatic rings. The van der Waals surface area contributed by atoms with Gasteiger partial charge in [-0.15, -0.1) is 21.8 Å². The minimum atomic E-state index is -0.369. The fraction of sp³-hybridized carbons (Fsp3) is 0.429. The van der Waals surface area contributed by atoms with E-state index in [0.717, 1.165) is 18.4 Å². The first kappa shape index (κ1) is 13.1. The van der Waals surface area contributed by atoms with Crippen molar-refractivity contribution in [2.24, 2.45) is 5.92 Å². The topological polar surface area (TPSA) is 38.9 Å². The van der Waals surface area contributed by atoms with E-state index in [4.69, 9.17) is 16.0 Å². The van der Waals surface area contributed by atoms with Crippen LogP contribution in [0.1, 0.15) is 43.0 Å². The van der Waals surface area contributed by atoms with Gasteiger partial charge in [-0.1, -0.05) is 44.2 Å². The molecule has 0 N–H and O–H groups in total. The maximum absolute atomic E-state index is 6.31. The summed E-state index contributed by atoms with van der Waals surface area (Å²) in [4.78, 5) is 0. The van der Waals surface area contributed by atoms with Crippen molar-refractivity contribution >= 4 is 11.6 Å². The highest BCUT2D eigenvalue weighted by molar-refractivity contribution is 6.22. The number of alkyl halides is 1. The van der Waals surface area contributed by atoms with Gasteiger partial charge in [-0.05, 0) is 17.9 Å². The summed E-state index contributed by atoms with van der Waals surface area (Å²) in [5.41, 5.74) is 0.971. The molecule has 0 amide bonds. The molecule has 1 atom stereocenters. The molecule has 2 rings (SSSR count). The van der Waals surface area contributed by atoms with Crippen molar-refractivity contribution < 1.29 is 4.42 Å². The number of nitrogens with zero attached hydrogens (tertiary/aromatic N) is 2. The van der Waals surface area contributed by atoms with Crippen LogP contribution >= 0.6 is 11.6 Å². The van der Waals surface area contributed by atoms with E-state index in [9.17, 15) is 0 Å². The van der Waals surface area contributed by atoms with Crippen molar-refractivity contribution in [1.29, 1.82) is 0 Å². The number of benzene rings is 1. The highest BCUT2D eigenvalue weighted by Gasteiger charge is 2.17. The zero-order valence-corrected chi connectivity index (χ0v) is 11.4. The number of aryl methyl sites for hydroxylation is 1. The van der Waals surface area contributed by atoms with Crippen molar-refractivity contribution in [3.8, 4) is 0 Å². The van der Waals surface area contributed by atoms with E-state index in [1.165, 1.54) is 0 Å². The smallest absolute Gasteiger partial charge is 0.238 e. The normalized spacial score (nSPS) is 12.9. The molecular weight excluding hydrogens is 248 g/mol. The summed E-state index contributed by atoms with van der Waals surface area (Å²) in [7, 11) is 0. The molecule has 0 saturated carbocycles. The largest absolute Gasteiger partial charge is 0.423 e. The van der Waals surface area contributed by atoms with Gasteiger partial charge < -0.3 is 4.42 Å². The fourth-order valence-electron chi connectivity index (χ4n) is 1.65. The van der Waals surface area contributed by atoms with E-state index in [-0.39, 0.29) is 5.38 Å². The van der Waals surface area contributed by atoms with Crippen LogP contribution in [-0.2, 0) is 6.42 Å². The predicted octanol–water partition coefficient (Wildman–Crippen LogP) is 3.99. The lowest BCUT2D eigenvalue weighted by Gasteiger charge is -2.04. The average molecular weight is 265 g/mol. The standard InChI is InChI=1S/C14H17ClN2O/c1-10(2)8-9-12-16-17-14(18-12)13(15)11-6-4-3-5-7-11/h3-7,10,13H,8-9H2,1-2H3/t13-/m0/s1. The molecule has 0 aliphatic heterocycles. The quantitative estimate of drug-likeness (QED) is 0.767. The van der Waals surface area contributed by atoms with Crippen LogP contribution in [0.5, 0.6) is 0 Å². The fourth-order valence-corrected chi connectivity index (χ4v) is 1.88. The molecule has 0 radical (unpaired) electrons. The van der Waals surface area contributed by atoms with Crippen LogP contribution in [0, 0.1) is 5.92 Å². The summed E-state index contributed by atoms with van der Waals surface area (Å²) in [6, 6.07) is 9.75. The monoisotopic (exact) mass is 264 g/mol. The molecule has 0 bridgehead atoms. The van der Waals surface area contributed by atoms with Gasteiger partial charge in [0, 0.05) is 6.42 Å². The molecule has 1 heterocycles. The van der Waals surface area contributed by atoms with Gasteiger partial charge in [0.15, 0.2) is 0 Å². The van der Waals surface area contributed by atoms with Gasteiger partial charge in [0.1, 0.15) is 5.38 Å². The first-order chi connectivity index (χ1) is 8.66. The van der Waals surface area contributed by atoms with Gasteiger partial charge in [0.05, 0.1) is 0 Å². The van der Waals surface area contributed by atoms with Crippen LogP contribution < -0.4 is 0 Å². The number of hydrogen-bond donors (Lipinski definition) is 0. The Morgan fingerprint density at radius 2 is 1.89 bits per heavy atom. The lowest BCUT2D eigenvalue weighted by molar-refractivity contribution is 0.433. The Kier molecular flexibility index (Phi) is 4.37. The van der Waals surface area contributed by atoms with Gasteiger partial charge in [-0.25, -0.2) is 0 Å².